The van der Waals surface area contributed by atoms with E-state index in [2.05, 4.69) is 5.32 Å². The fraction of sp³-hybridized carbons (Fsp3) is 0.429. The number of pyridine rings is 2. The van der Waals surface area contributed by atoms with Crippen LogP contribution in [0.2, 0.25) is 0 Å². The van der Waals surface area contributed by atoms with E-state index in [4.69, 9.17) is 9.72 Å². The van der Waals surface area contributed by atoms with Gasteiger partial charge in [0.25, 0.3) is 5.56 Å². The molecule has 3 heterocycles. The standard InChI is InChI=1S/C28H30FN3O5/c1-5-15(11-33)17-8-23-26-18(10-32(23)28(36)19(17)12-37-4)25-21(31-27(35)14(3)34)7-6-16-13(2)20(29)9-22(30-26)24(16)25/h8-9,11,14-15,21,34H,5-7,10,12H2,1-4H3,(H,31,35). The Bertz CT molecular complexity index is 1510. The highest BCUT2D eigenvalue weighted by atomic mass is 19.1. The summed E-state index contributed by atoms with van der Waals surface area (Å²) in [7, 11) is 1.50. The summed E-state index contributed by atoms with van der Waals surface area (Å²) in [4.78, 5) is 42.9. The normalized spacial score (nSPS) is 17.3. The van der Waals surface area contributed by atoms with Gasteiger partial charge < -0.3 is 24.5 Å². The van der Waals surface area contributed by atoms with Crippen molar-refractivity contribution in [2.45, 2.75) is 71.2 Å². The number of carbonyl (C=O) groups excluding carboxylic acids is 2. The fourth-order valence-electron chi connectivity index (χ4n) is 5.81. The number of rotatable bonds is 7. The number of aliphatic hydroxyl groups excluding tert-OH is 1. The Morgan fingerprint density at radius 1 is 1.38 bits per heavy atom. The Hall–Kier alpha value is -3.43. The van der Waals surface area contributed by atoms with Crippen molar-refractivity contribution in [1.82, 2.24) is 14.9 Å². The number of methoxy groups -OCH3 is 1. The topological polar surface area (TPSA) is 111 Å². The number of fused-ring (bicyclic) bond motifs is 4. The van der Waals surface area contributed by atoms with Crippen molar-refractivity contribution in [3.63, 3.8) is 0 Å². The van der Waals surface area contributed by atoms with Gasteiger partial charge in [0.15, 0.2) is 0 Å². The number of nitrogens with zero attached hydrogens (tertiary/aromatic N) is 2. The molecule has 1 amide bonds. The molecule has 1 aliphatic heterocycles. The highest BCUT2D eigenvalue weighted by molar-refractivity contribution is 5.93. The molecule has 1 aromatic carbocycles. The van der Waals surface area contributed by atoms with Crippen LogP contribution >= 0.6 is 0 Å². The van der Waals surface area contributed by atoms with Crippen molar-refractivity contribution >= 4 is 23.1 Å². The van der Waals surface area contributed by atoms with Gasteiger partial charge in [0.1, 0.15) is 18.2 Å². The number of aryl methyl sites for hydroxylation is 1. The van der Waals surface area contributed by atoms with E-state index in [-0.39, 0.29) is 24.5 Å². The number of halogens is 1. The Morgan fingerprint density at radius 3 is 2.78 bits per heavy atom. The molecular weight excluding hydrogens is 477 g/mol. The highest BCUT2D eigenvalue weighted by Crippen LogP contribution is 2.45. The molecule has 1 aliphatic carbocycles. The molecule has 0 saturated heterocycles. The summed E-state index contributed by atoms with van der Waals surface area (Å²) >= 11 is 0. The molecule has 2 aromatic heterocycles. The number of hydrogen-bond acceptors (Lipinski definition) is 6. The zero-order valence-electron chi connectivity index (χ0n) is 21.4. The predicted molar refractivity (Wildman–Crippen MR) is 136 cm³/mol. The molecule has 0 radical (unpaired) electrons. The summed E-state index contributed by atoms with van der Waals surface area (Å²) in [6, 6.07) is 2.80. The van der Waals surface area contributed by atoms with Gasteiger partial charge in [-0.25, -0.2) is 9.37 Å². The third-order valence-electron chi connectivity index (χ3n) is 7.76. The van der Waals surface area contributed by atoms with E-state index in [1.54, 1.807) is 11.5 Å². The number of benzene rings is 1. The van der Waals surface area contributed by atoms with Crippen LogP contribution in [0.3, 0.4) is 0 Å². The first-order valence-electron chi connectivity index (χ1n) is 12.6. The molecule has 8 nitrogen and oxygen atoms in total. The molecule has 3 unspecified atom stereocenters. The minimum atomic E-state index is -1.19. The molecule has 0 saturated carbocycles. The molecule has 0 bridgehead atoms. The van der Waals surface area contributed by atoms with Crippen LogP contribution in [-0.2, 0) is 33.9 Å². The maximum Gasteiger partial charge on any atom is 0.257 e. The molecule has 3 aromatic rings. The average molecular weight is 508 g/mol. The largest absolute Gasteiger partial charge is 0.384 e. The van der Waals surface area contributed by atoms with E-state index in [0.29, 0.717) is 52.9 Å². The number of hydrogen-bond donors (Lipinski definition) is 2. The van der Waals surface area contributed by atoms with Gasteiger partial charge in [-0.05, 0) is 61.4 Å². The maximum atomic E-state index is 14.9. The second kappa shape index (κ2) is 9.46. The van der Waals surface area contributed by atoms with E-state index >= 15 is 0 Å². The van der Waals surface area contributed by atoms with Gasteiger partial charge in [0, 0.05) is 35.6 Å². The first-order chi connectivity index (χ1) is 17.7. The third kappa shape index (κ3) is 3.88. The molecule has 0 fully saturated rings. The smallest absolute Gasteiger partial charge is 0.257 e. The second-order valence-corrected chi connectivity index (χ2v) is 9.92. The number of aliphatic hydroxyl groups is 1. The predicted octanol–water partition coefficient (Wildman–Crippen LogP) is 3.20. The number of amides is 1. The van der Waals surface area contributed by atoms with Crippen LogP contribution in [0.25, 0.3) is 22.3 Å². The van der Waals surface area contributed by atoms with Crippen molar-refractivity contribution in [2.24, 2.45) is 0 Å². The van der Waals surface area contributed by atoms with Crippen LogP contribution in [0, 0.1) is 12.7 Å². The van der Waals surface area contributed by atoms with Crippen molar-refractivity contribution in [3.05, 3.63) is 61.7 Å². The van der Waals surface area contributed by atoms with Gasteiger partial charge in [-0.3, -0.25) is 9.59 Å². The second-order valence-electron chi connectivity index (χ2n) is 9.92. The minimum absolute atomic E-state index is 0.0685. The summed E-state index contributed by atoms with van der Waals surface area (Å²) in [5.41, 5.74) is 5.31. The monoisotopic (exact) mass is 507 g/mol. The van der Waals surface area contributed by atoms with E-state index < -0.39 is 24.0 Å². The molecular formula is C28H30FN3O5. The molecule has 9 heteroatoms. The van der Waals surface area contributed by atoms with Crippen LogP contribution < -0.4 is 10.9 Å². The quantitative estimate of drug-likeness (QED) is 0.372. The molecule has 3 atom stereocenters. The summed E-state index contributed by atoms with van der Waals surface area (Å²) < 4.78 is 21.9. The van der Waals surface area contributed by atoms with Crippen molar-refractivity contribution in [1.29, 1.82) is 0 Å². The lowest BCUT2D eigenvalue weighted by Crippen LogP contribution is -2.37. The lowest BCUT2D eigenvalue weighted by atomic mass is 9.81. The van der Waals surface area contributed by atoms with E-state index in [1.807, 2.05) is 13.0 Å². The first-order valence-corrected chi connectivity index (χ1v) is 12.6. The Kier molecular flexibility index (Phi) is 6.45. The van der Waals surface area contributed by atoms with Gasteiger partial charge in [-0.15, -0.1) is 0 Å². The lowest BCUT2D eigenvalue weighted by molar-refractivity contribution is -0.129. The number of nitrogens with one attached hydrogen (secondary N) is 1. The van der Waals surface area contributed by atoms with Crippen LogP contribution in [0.5, 0.6) is 0 Å². The minimum Gasteiger partial charge on any atom is -0.384 e. The summed E-state index contributed by atoms with van der Waals surface area (Å²) in [6.45, 7) is 5.32. The summed E-state index contributed by atoms with van der Waals surface area (Å²) in [6.07, 6.45) is 1.24. The Morgan fingerprint density at radius 2 is 2.14 bits per heavy atom. The van der Waals surface area contributed by atoms with Crippen LogP contribution in [0.1, 0.15) is 72.0 Å². The van der Waals surface area contributed by atoms with Gasteiger partial charge in [-0.2, -0.15) is 0 Å². The molecule has 5 rings (SSSR count). The van der Waals surface area contributed by atoms with Crippen molar-refractivity contribution < 1.29 is 23.8 Å². The van der Waals surface area contributed by atoms with Crippen LogP contribution in [0.15, 0.2) is 16.9 Å². The number of aromatic nitrogens is 2. The number of aldehydes is 1. The highest BCUT2D eigenvalue weighted by Gasteiger charge is 2.35. The lowest BCUT2D eigenvalue weighted by Gasteiger charge is -2.30. The first kappa shape index (κ1) is 25.2. The maximum absolute atomic E-state index is 14.9. The molecule has 2 N–H and O–H groups in total. The van der Waals surface area contributed by atoms with E-state index in [1.165, 1.54) is 20.1 Å². The SMILES string of the molecule is CCC(C=O)c1cc2n(c(=O)c1COC)Cc1c-2nc2cc(F)c(C)c3c2c1C(NC(=O)C(C)O)CC3. The van der Waals surface area contributed by atoms with Gasteiger partial charge in [-0.1, -0.05) is 6.92 Å². The fourth-order valence-corrected chi connectivity index (χ4v) is 5.81. The summed E-state index contributed by atoms with van der Waals surface area (Å²) in [5.74, 6) is -1.33. The molecule has 37 heavy (non-hydrogen) atoms. The van der Waals surface area contributed by atoms with Crippen molar-refractivity contribution in [2.75, 3.05) is 7.11 Å². The van der Waals surface area contributed by atoms with Gasteiger partial charge in [0.05, 0.1) is 36.1 Å². The zero-order valence-corrected chi connectivity index (χ0v) is 21.4. The summed E-state index contributed by atoms with van der Waals surface area (Å²) in [5, 5.41) is 13.6. The number of ether oxygens (including phenoxy) is 1. The molecule has 2 aliphatic rings. The third-order valence-corrected chi connectivity index (χ3v) is 7.76. The van der Waals surface area contributed by atoms with Crippen LogP contribution in [0.4, 0.5) is 4.39 Å². The van der Waals surface area contributed by atoms with E-state index in [0.717, 1.165) is 28.4 Å². The van der Waals surface area contributed by atoms with Crippen molar-refractivity contribution in [3.8, 4) is 11.4 Å². The van der Waals surface area contributed by atoms with Gasteiger partial charge in [0.2, 0.25) is 5.91 Å². The van der Waals surface area contributed by atoms with Gasteiger partial charge >= 0.3 is 0 Å². The molecule has 0 spiro atoms. The zero-order chi connectivity index (χ0) is 26.6. The Labute approximate surface area is 213 Å². The molecule has 194 valence electrons. The number of carbonyl (C=O) groups is 2. The average Bonchev–Trinajstić information content (AvgIpc) is 3.24. The van der Waals surface area contributed by atoms with E-state index in [9.17, 15) is 23.9 Å². The Balaban J connectivity index is 1.81. The van der Waals surface area contributed by atoms with Crippen LogP contribution in [-0.4, -0.2) is 40.1 Å².